The van der Waals surface area contributed by atoms with Crippen molar-refractivity contribution in [3.8, 4) is 0 Å². The number of amides is 1. The highest BCUT2D eigenvalue weighted by atomic mass is 16.5. The van der Waals surface area contributed by atoms with E-state index in [1.807, 2.05) is 19.9 Å². The molecule has 0 spiro atoms. The van der Waals surface area contributed by atoms with Crippen LogP contribution in [0.25, 0.3) is 0 Å². The summed E-state index contributed by atoms with van der Waals surface area (Å²) in [6.45, 7) is 9.26. The molecule has 2 atom stereocenters. The molecule has 0 aromatic heterocycles. The number of Topliss-reactive ketones (excluding diaryl/α,β-unsaturated/α-hetero) is 2. The maximum Gasteiger partial charge on any atom is 0.245 e. The summed E-state index contributed by atoms with van der Waals surface area (Å²) in [6.07, 6.45) is 6.27. The number of hydrogen-bond acceptors (Lipinski definition) is 7. The molecule has 0 bridgehead atoms. The fourth-order valence-corrected chi connectivity index (χ4v) is 2.96. The number of rotatable bonds is 22. The maximum absolute atomic E-state index is 12.0. The Hall–Kier alpha value is -1.61. The second-order valence-corrected chi connectivity index (χ2v) is 8.12. The molecule has 8 nitrogen and oxygen atoms in total. The predicted molar refractivity (Wildman–Crippen MR) is 121 cm³/mol. The molecule has 0 fully saturated rings. The Morgan fingerprint density at radius 3 is 2.28 bits per heavy atom. The van der Waals surface area contributed by atoms with Gasteiger partial charge in [-0.25, -0.2) is 0 Å². The van der Waals surface area contributed by atoms with E-state index in [-0.39, 0.29) is 42.5 Å². The number of nitrogens with one attached hydrogen (secondary N) is 1. The molecular formula is C24H41NO7. The van der Waals surface area contributed by atoms with Gasteiger partial charge in [0, 0.05) is 19.1 Å². The van der Waals surface area contributed by atoms with Gasteiger partial charge in [-0.2, -0.15) is 0 Å². The summed E-state index contributed by atoms with van der Waals surface area (Å²) in [5, 5.41) is 2.81. The molecule has 184 valence electrons. The van der Waals surface area contributed by atoms with Crippen LogP contribution < -0.4 is 5.32 Å². The number of unbranched alkanes of at least 4 members (excludes halogenated alkanes) is 1. The minimum atomic E-state index is -0.145. The van der Waals surface area contributed by atoms with E-state index in [0.717, 1.165) is 37.7 Å². The lowest BCUT2D eigenvalue weighted by Crippen LogP contribution is -2.29. The maximum atomic E-state index is 12.0. The molecule has 1 aliphatic carbocycles. The summed E-state index contributed by atoms with van der Waals surface area (Å²) in [5.74, 6) is 0.138. The molecule has 0 aromatic rings. The van der Waals surface area contributed by atoms with E-state index < -0.39 is 0 Å². The molecular weight excluding hydrogens is 414 g/mol. The van der Waals surface area contributed by atoms with Gasteiger partial charge in [-0.05, 0) is 32.6 Å². The molecule has 0 radical (unpaired) electrons. The van der Waals surface area contributed by atoms with Crippen molar-refractivity contribution in [2.24, 2.45) is 11.8 Å². The summed E-state index contributed by atoms with van der Waals surface area (Å²) in [7, 11) is 0. The molecule has 1 rings (SSSR count). The van der Waals surface area contributed by atoms with Crippen LogP contribution in [-0.4, -0.2) is 76.9 Å². The summed E-state index contributed by atoms with van der Waals surface area (Å²) < 4.78 is 21.4. The van der Waals surface area contributed by atoms with Crippen LogP contribution in [0.15, 0.2) is 11.6 Å². The van der Waals surface area contributed by atoms with Gasteiger partial charge in [0.05, 0.1) is 39.0 Å². The first-order valence-electron chi connectivity index (χ1n) is 11.8. The Kier molecular flexibility index (Phi) is 15.9. The predicted octanol–water partition coefficient (Wildman–Crippen LogP) is 2.49. The Morgan fingerprint density at radius 2 is 1.59 bits per heavy atom. The van der Waals surface area contributed by atoms with Crippen molar-refractivity contribution in [2.45, 2.75) is 52.9 Å². The Morgan fingerprint density at radius 1 is 0.938 bits per heavy atom. The van der Waals surface area contributed by atoms with Gasteiger partial charge in [-0.3, -0.25) is 14.4 Å². The smallest absolute Gasteiger partial charge is 0.245 e. The molecule has 1 aliphatic rings. The number of ketones is 2. The van der Waals surface area contributed by atoms with Crippen molar-refractivity contribution in [3.05, 3.63) is 11.6 Å². The summed E-state index contributed by atoms with van der Waals surface area (Å²) in [4.78, 5) is 34.8. The third kappa shape index (κ3) is 14.5. The van der Waals surface area contributed by atoms with Crippen LogP contribution in [0.4, 0.5) is 0 Å². The van der Waals surface area contributed by atoms with Gasteiger partial charge in [-0.15, -0.1) is 0 Å². The first-order valence-corrected chi connectivity index (χ1v) is 11.8. The number of carbonyl (C=O) groups is 3. The van der Waals surface area contributed by atoms with E-state index in [4.69, 9.17) is 18.9 Å². The second-order valence-electron chi connectivity index (χ2n) is 8.12. The van der Waals surface area contributed by atoms with E-state index >= 15 is 0 Å². The van der Waals surface area contributed by atoms with Gasteiger partial charge in [-0.1, -0.05) is 31.9 Å². The Bertz CT molecular complexity index is 591. The monoisotopic (exact) mass is 455 g/mol. The Balaban J connectivity index is 1.86. The molecule has 0 heterocycles. The molecule has 0 aliphatic heterocycles. The molecule has 0 saturated carbocycles. The summed E-state index contributed by atoms with van der Waals surface area (Å²) in [5.41, 5.74) is 1.10. The van der Waals surface area contributed by atoms with Gasteiger partial charge in [0.2, 0.25) is 5.91 Å². The number of carbonyl (C=O) groups excluding carboxylic acids is 3. The average Bonchev–Trinajstić information content (AvgIpc) is 3.54. The van der Waals surface area contributed by atoms with Gasteiger partial charge in [0.25, 0.3) is 0 Å². The van der Waals surface area contributed by atoms with Crippen molar-refractivity contribution < 1.29 is 33.3 Å². The summed E-state index contributed by atoms with van der Waals surface area (Å²) in [6, 6.07) is 0. The van der Waals surface area contributed by atoms with Gasteiger partial charge in [0.1, 0.15) is 19.0 Å². The van der Waals surface area contributed by atoms with Crippen LogP contribution in [0.2, 0.25) is 0 Å². The lowest BCUT2D eigenvalue weighted by Gasteiger charge is -2.08. The van der Waals surface area contributed by atoms with Crippen molar-refractivity contribution in [2.75, 3.05) is 59.4 Å². The third-order valence-electron chi connectivity index (χ3n) is 5.20. The van der Waals surface area contributed by atoms with E-state index in [1.165, 1.54) is 0 Å². The SMILES string of the molecule is CCCOCCOCC(=O)C1C=C1CCOCCOCC(=O)NCCCC[C@H](C)C(C)=O. The molecule has 1 N–H and O–H groups in total. The van der Waals surface area contributed by atoms with Crippen molar-refractivity contribution >= 4 is 17.5 Å². The van der Waals surface area contributed by atoms with Crippen LogP contribution in [-0.2, 0) is 33.3 Å². The standard InChI is InChI=1S/C24H41NO7/c1-4-10-29-12-14-31-17-23(27)22-16-21(22)8-11-30-13-15-32-18-24(28)25-9-6-5-7-19(2)20(3)26/h16,19,22H,4-15,17-18H2,1-3H3,(H,25,28)/t19-,22?/m0/s1. The molecule has 1 amide bonds. The van der Waals surface area contributed by atoms with Crippen molar-refractivity contribution in [1.82, 2.24) is 5.32 Å². The topological polar surface area (TPSA) is 100 Å². The highest BCUT2D eigenvalue weighted by molar-refractivity contribution is 5.90. The largest absolute Gasteiger partial charge is 0.379 e. The van der Waals surface area contributed by atoms with Crippen molar-refractivity contribution in [3.63, 3.8) is 0 Å². The highest BCUT2D eigenvalue weighted by Crippen LogP contribution is 2.32. The summed E-state index contributed by atoms with van der Waals surface area (Å²) >= 11 is 0. The van der Waals surface area contributed by atoms with E-state index in [9.17, 15) is 14.4 Å². The number of ether oxygens (including phenoxy) is 4. The quantitative estimate of drug-likeness (QED) is 0.198. The van der Waals surface area contributed by atoms with Crippen LogP contribution in [0.5, 0.6) is 0 Å². The van der Waals surface area contributed by atoms with Crippen LogP contribution in [0.1, 0.15) is 52.9 Å². The molecule has 8 heteroatoms. The van der Waals surface area contributed by atoms with E-state index in [0.29, 0.717) is 46.2 Å². The van der Waals surface area contributed by atoms with Crippen molar-refractivity contribution in [1.29, 1.82) is 0 Å². The Labute approximate surface area is 192 Å². The second kappa shape index (κ2) is 17.9. The fraction of sp³-hybridized carbons (Fsp3) is 0.792. The van der Waals surface area contributed by atoms with E-state index in [2.05, 4.69) is 5.32 Å². The minimum absolute atomic E-state index is 0.0123. The molecule has 32 heavy (non-hydrogen) atoms. The first kappa shape index (κ1) is 28.4. The average molecular weight is 456 g/mol. The minimum Gasteiger partial charge on any atom is -0.379 e. The number of allylic oxidation sites excluding steroid dienone is 1. The van der Waals surface area contributed by atoms with Crippen LogP contribution in [0, 0.1) is 11.8 Å². The zero-order valence-electron chi connectivity index (χ0n) is 20.0. The van der Waals surface area contributed by atoms with E-state index in [1.54, 1.807) is 6.92 Å². The van der Waals surface area contributed by atoms with Crippen LogP contribution in [0.3, 0.4) is 0 Å². The number of hydrogen-bond donors (Lipinski definition) is 1. The zero-order valence-corrected chi connectivity index (χ0v) is 20.0. The third-order valence-corrected chi connectivity index (χ3v) is 5.20. The van der Waals surface area contributed by atoms with Crippen LogP contribution >= 0.6 is 0 Å². The van der Waals surface area contributed by atoms with Gasteiger partial charge in [0.15, 0.2) is 5.78 Å². The normalized spacial score (nSPS) is 15.8. The van der Waals surface area contributed by atoms with Gasteiger partial charge < -0.3 is 24.3 Å². The molecule has 0 saturated heterocycles. The lowest BCUT2D eigenvalue weighted by atomic mass is 10.0. The molecule has 0 aromatic carbocycles. The molecule has 1 unspecified atom stereocenters. The zero-order chi connectivity index (χ0) is 23.6. The highest BCUT2D eigenvalue weighted by Gasteiger charge is 2.30. The van der Waals surface area contributed by atoms with Gasteiger partial charge >= 0.3 is 0 Å². The first-order chi connectivity index (χ1) is 15.5. The fourth-order valence-electron chi connectivity index (χ4n) is 2.96. The lowest BCUT2D eigenvalue weighted by molar-refractivity contribution is -0.126.